The molecule has 1 atom stereocenters. The number of nitrogens with two attached hydrogens (primary N) is 1. The molecule has 84 valence electrons. The average molecular weight is 211 g/mol. The van der Waals surface area contributed by atoms with E-state index in [4.69, 9.17) is 10.5 Å². The second-order valence-corrected chi connectivity index (χ2v) is 3.62. The predicted octanol–water partition coefficient (Wildman–Crippen LogP) is 0.739. The first-order chi connectivity index (χ1) is 7.06. The van der Waals surface area contributed by atoms with Crippen molar-refractivity contribution in [2.75, 3.05) is 7.11 Å². The second kappa shape index (κ2) is 4.93. The molecule has 1 rings (SSSR count). The molecule has 1 aromatic heterocycles. The number of rotatable bonds is 5. The van der Waals surface area contributed by atoms with Gasteiger partial charge in [-0.05, 0) is 13.3 Å². The molecule has 0 aliphatic heterocycles. The minimum Gasteiger partial charge on any atom is -0.493 e. The van der Waals surface area contributed by atoms with Crippen molar-refractivity contribution in [3.8, 4) is 5.75 Å². The third-order valence-electron chi connectivity index (χ3n) is 2.22. The summed E-state index contributed by atoms with van der Waals surface area (Å²) in [6.07, 6.45) is 2.64. The Kier molecular flexibility index (Phi) is 3.85. The van der Waals surface area contributed by atoms with Crippen LogP contribution in [0.2, 0.25) is 0 Å². The van der Waals surface area contributed by atoms with Crippen LogP contribution in [-0.2, 0) is 7.05 Å². The number of nitrogens with zero attached hydrogens (tertiary/aromatic N) is 2. The van der Waals surface area contributed by atoms with Crippen molar-refractivity contribution >= 4 is 5.78 Å². The van der Waals surface area contributed by atoms with Gasteiger partial charge in [0.25, 0.3) is 0 Å². The number of carbonyl (C=O) groups excluding carboxylic acids is 1. The maximum atomic E-state index is 11.8. The van der Waals surface area contributed by atoms with E-state index in [-0.39, 0.29) is 11.8 Å². The Balaban J connectivity index is 2.76. The summed E-state index contributed by atoms with van der Waals surface area (Å²) in [5, 5.41) is 3.98. The zero-order chi connectivity index (χ0) is 11.4. The van der Waals surface area contributed by atoms with Gasteiger partial charge in [0.15, 0.2) is 11.5 Å². The van der Waals surface area contributed by atoms with Crippen molar-refractivity contribution in [1.82, 2.24) is 9.78 Å². The molecule has 0 aliphatic carbocycles. The Labute approximate surface area is 89.2 Å². The van der Waals surface area contributed by atoms with Crippen LogP contribution in [0.3, 0.4) is 0 Å². The van der Waals surface area contributed by atoms with E-state index in [2.05, 4.69) is 5.10 Å². The molecule has 0 fully saturated rings. The summed E-state index contributed by atoms with van der Waals surface area (Å²) in [7, 11) is 3.25. The van der Waals surface area contributed by atoms with Crippen LogP contribution >= 0.6 is 0 Å². The number of methoxy groups -OCH3 is 1. The van der Waals surface area contributed by atoms with Gasteiger partial charge >= 0.3 is 0 Å². The monoisotopic (exact) mass is 211 g/mol. The Morgan fingerprint density at radius 1 is 1.73 bits per heavy atom. The first kappa shape index (κ1) is 11.7. The Bertz CT molecular complexity index is 344. The Morgan fingerprint density at radius 2 is 2.40 bits per heavy atom. The van der Waals surface area contributed by atoms with Crippen LogP contribution in [0.25, 0.3) is 0 Å². The minimum atomic E-state index is 0.0177. The lowest BCUT2D eigenvalue weighted by molar-refractivity contribution is 0.0965. The zero-order valence-corrected chi connectivity index (χ0v) is 9.36. The molecule has 1 unspecified atom stereocenters. The smallest absolute Gasteiger partial charge is 0.184 e. The highest BCUT2D eigenvalue weighted by molar-refractivity contribution is 5.96. The van der Waals surface area contributed by atoms with E-state index >= 15 is 0 Å². The van der Waals surface area contributed by atoms with E-state index in [9.17, 15) is 4.79 Å². The fourth-order valence-electron chi connectivity index (χ4n) is 1.36. The SMILES string of the molecule is COc1cnn(C)c1C(=O)CCC(C)N. The summed E-state index contributed by atoms with van der Waals surface area (Å²) in [6, 6.07) is 0.0353. The highest BCUT2D eigenvalue weighted by Crippen LogP contribution is 2.18. The average Bonchev–Trinajstić information content (AvgIpc) is 2.56. The second-order valence-electron chi connectivity index (χ2n) is 3.62. The summed E-state index contributed by atoms with van der Waals surface area (Å²) in [6.45, 7) is 1.88. The van der Waals surface area contributed by atoms with E-state index in [1.165, 1.54) is 11.8 Å². The molecule has 5 heteroatoms. The molecule has 1 aromatic rings. The highest BCUT2D eigenvalue weighted by Gasteiger charge is 2.17. The normalized spacial score (nSPS) is 12.5. The predicted molar refractivity (Wildman–Crippen MR) is 57.0 cm³/mol. The van der Waals surface area contributed by atoms with Crippen molar-refractivity contribution in [2.24, 2.45) is 12.8 Å². The number of hydrogen-bond donors (Lipinski definition) is 1. The largest absolute Gasteiger partial charge is 0.493 e. The van der Waals surface area contributed by atoms with Gasteiger partial charge in [-0.3, -0.25) is 9.48 Å². The van der Waals surface area contributed by atoms with E-state index < -0.39 is 0 Å². The van der Waals surface area contributed by atoms with Crippen LogP contribution in [0.15, 0.2) is 6.20 Å². The number of hydrogen-bond acceptors (Lipinski definition) is 4. The van der Waals surface area contributed by atoms with Gasteiger partial charge in [0.2, 0.25) is 0 Å². The number of aryl methyl sites for hydroxylation is 1. The lowest BCUT2D eigenvalue weighted by atomic mass is 10.1. The van der Waals surface area contributed by atoms with Gasteiger partial charge in [0.05, 0.1) is 13.3 Å². The van der Waals surface area contributed by atoms with Gasteiger partial charge in [-0.15, -0.1) is 0 Å². The number of carbonyl (C=O) groups is 1. The van der Waals surface area contributed by atoms with Crippen LogP contribution in [-0.4, -0.2) is 28.7 Å². The summed E-state index contributed by atoms with van der Waals surface area (Å²) in [5.74, 6) is 0.538. The first-order valence-corrected chi connectivity index (χ1v) is 4.91. The Morgan fingerprint density at radius 3 is 2.93 bits per heavy atom. The maximum Gasteiger partial charge on any atom is 0.184 e. The first-order valence-electron chi connectivity index (χ1n) is 4.91. The minimum absolute atomic E-state index is 0.0177. The molecule has 0 spiro atoms. The van der Waals surface area contributed by atoms with E-state index in [0.29, 0.717) is 24.3 Å². The summed E-state index contributed by atoms with van der Waals surface area (Å²) in [4.78, 5) is 11.8. The van der Waals surface area contributed by atoms with Gasteiger partial charge in [-0.2, -0.15) is 5.10 Å². The molecule has 1 heterocycles. The lowest BCUT2D eigenvalue weighted by Crippen LogP contribution is -2.17. The number of aromatic nitrogens is 2. The third-order valence-corrected chi connectivity index (χ3v) is 2.22. The quantitative estimate of drug-likeness (QED) is 0.729. The molecule has 2 N–H and O–H groups in total. The highest BCUT2D eigenvalue weighted by atomic mass is 16.5. The van der Waals surface area contributed by atoms with Crippen LogP contribution in [0.4, 0.5) is 0 Å². The topological polar surface area (TPSA) is 70.1 Å². The number of ether oxygens (including phenoxy) is 1. The van der Waals surface area contributed by atoms with Crippen molar-refractivity contribution in [1.29, 1.82) is 0 Å². The summed E-state index contributed by atoms with van der Waals surface area (Å²) < 4.78 is 6.59. The van der Waals surface area contributed by atoms with Crippen molar-refractivity contribution in [3.63, 3.8) is 0 Å². The Hall–Kier alpha value is -1.36. The molecule has 0 aromatic carbocycles. The van der Waals surface area contributed by atoms with Crippen LogP contribution in [0, 0.1) is 0 Å². The molecule has 0 bridgehead atoms. The van der Waals surface area contributed by atoms with Gasteiger partial charge in [-0.1, -0.05) is 0 Å². The third kappa shape index (κ3) is 2.79. The number of Topliss-reactive ketones (excluding diaryl/α,β-unsaturated/α-hetero) is 1. The van der Waals surface area contributed by atoms with Crippen molar-refractivity contribution < 1.29 is 9.53 Å². The standard InChI is InChI=1S/C10H17N3O2/c1-7(11)4-5-8(14)10-9(15-3)6-12-13(10)2/h6-7H,4-5,11H2,1-3H3. The van der Waals surface area contributed by atoms with Gasteiger partial charge in [-0.25, -0.2) is 0 Å². The maximum absolute atomic E-state index is 11.8. The van der Waals surface area contributed by atoms with Crippen molar-refractivity contribution in [3.05, 3.63) is 11.9 Å². The molecule has 0 saturated heterocycles. The summed E-state index contributed by atoms with van der Waals surface area (Å²) >= 11 is 0. The van der Waals surface area contributed by atoms with E-state index in [1.807, 2.05) is 6.92 Å². The molecular formula is C10H17N3O2. The number of ketones is 1. The molecule has 0 aliphatic rings. The zero-order valence-electron chi connectivity index (χ0n) is 9.36. The van der Waals surface area contributed by atoms with E-state index in [0.717, 1.165) is 0 Å². The van der Waals surface area contributed by atoms with Crippen LogP contribution in [0.5, 0.6) is 5.75 Å². The fourth-order valence-corrected chi connectivity index (χ4v) is 1.36. The van der Waals surface area contributed by atoms with Gasteiger partial charge in [0, 0.05) is 19.5 Å². The molecule has 0 amide bonds. The van der Waals surface area contributed by atoms with Crippen LogP contribution < -0.4 is 10.5 Å². The molecule has 0 saturated carbocycles. The molecular weight excluding hydrogens is 194 g/mol. The fraction of sp³-hybridized carbons (Fsp3) is 0.600. The molecule has 15 heavy (non-hydrogen) atoms. The molecule has 0 radical (unpaired) electrons. The molecule has 5 nitrogen and oxygen atoms in total. The van der Waals surface area contributed by atoms with Gasteiger partial charge < -0.3 is 10.5 Å². The summed E-state index contributed by atoms with van der Waals surface area (Å²) in [5.41, 5.74) is 6.11. The van der Waals surface area contributed by atoms with Crippen LogP contribution in [0.1, 0.15) is 30.3 Å². The van der Waals surface area contributed by atoms with E-state index in [1.54, 1.807) is 13.2 Å². The lowest BCUT2D eigenvalue weighted by Gasteiger charge is -2.06. The van der Waals surface area contributed by atoms with Crippen molar-refractivity contribution in [2.45, 2.75) is 25.8 Å². The van der Waals surface area contributed by atoms with Gasteiger partial charge in [0.1, 0.15) is 5.69 Å².